The SMILES string of the molecule is C#CC[C@@H](N)C(=O)N1CCN(C2CCN(C)CC2)CC1. The lowest BCUT2D eigenvalue weighted by Gasteiger charge is -2.42. The lowest BCUT2D eigenvalue weighted by molar-refractivity contribution is -0.134. The largest absolute Gasteiger partial charge is 0.339 e. The molecule has 2 saturated heterocycles. The van der Waals surface area contributed by atoms with Gasteiger partial charge in [-0.2, -0.15) is 0 Å². The second-order valence-electron chi connectivity index (χ2n) is 5.91. The minimum Gasteiger partial charge on any atom is -0.339 e. The number of rotatable bonds is 3. The van der Waals surface area contributed by atoms with Crippen molar-refractivity contribution >= 4 is 5.91 Å². The van der Waals surface area contributed by atoms with E-state index >= 15 is 0 Å². The summed E-state index contributed by atoms with van der Waals surface area (Å²) in [6.07, 6.45) is 8.02. The summed E-state index contributed by atoms with van der Waals surface area (Å²) in [6.45, 7) is 5.84. The van der Waals surface area contributed by atoms with Gasteiger partial charge >= 0.3 is 0 Å². The van der Waals surface area contributed by atoms with Crippen LogP contribution in [-0.4, -0.2) is 79.0 Å². The first-order chi connectivity index (χ1) is 9.61. The molecule has 2 fully saturated rings. The highest BCUT2D eigenvalue weighted by molar-refractivity contribution is 5.82. The van der Waals surface area contributed by atoms with E-state index in [0.717, 1.165) is 26.2 Å². The van der Waals surface area contributed by atoms with Gasteiger partial charge in [-0.3, -0.25) is 9.69 Å². The molecule has 0 bridgehead atoms. The molecule has 0 unspecified atom stereocenters. The third kappa shape index (κ3) is 3.72. The molecule has 1 amide bonds. The van der Waals surface area contributed by atoms with E-state index in [1.54, 1.807) is 0 Å². The van der Waals surface area contributed by atoms with Crippen molar-refractivity contribution in [3.63, 3.8) is 0 Å². The lowest BCUT2D eigenvalue weighted by Crippen LogP contribution is -2.56. The van der Waals surface area contributed by atoms with Gasteiger partial charge in [0.05, 0.1) is 6.04 Å². The van der Waals surface area contributed by atoms with Crippen molar-refractivity contribution in [1.29, 1.82) is 0 Å². The average Bonchev–Trinajstić information content (AvgIpc) is 2.48. The van der Waals surface area contributed by atoms with Crippen LogP contribution in [0.3, 0.4) is 0 Å². The van der Waals surface area contributed by atoms with Gasteiger partial charge in [-0.15, -0.1) is 12.3 Å². The second kappa shape index (κ2) is 7.07. The maximum atomic E-state index is 12.1. The van der Waals surface area contributed by atoms with Crippen LogP contribution in [0.5, 0.6) is 0 Å². The Bertz CT molecular complexity index is 363. The molecule has 5 nitrogen and oxygen atoms in total. The Labute approximate surface area is 122 Å². The number of nitrogens with two attached hydrogens (primary N) is 1. The number of carbonyl (C=O) groups is 1. The Hall–Kier alpha value is -1.09. The summed E-state index contributed by atoms with van der Waals surface area (Å²) < 4.78 is 0. The van der Waals surface area contributed by atoms with Gasteiger partial charge in [-0.1, -0.05) is 0 Å². The Morgan fingerprint density at radius 3 is 2.40 bits per heavy atom. The molecule has 2 rings (SSSR count). The molecule has 2 N–H and O–H groups in total. The van der Waals surface area contributed by atoms with E-state index in [9.17, 15) is 4.79 Å². The summed E-state index contributed by atoms with van der Waals surface area (Å²) in [6, 6.07) is 0.151. The topological polar surface area (TPSA) is 52.8 Å². The number of piperazine rings is 1. The first kappa shape index (κ1) is 15.3. The number of hydrogen-bond donors (Lipinski definition) is 1. The summed E-state index contributed by atoms with van der Waals surface area (Å²) in [5.74, 6) is 2.47. The summed E-state index contributed by atoms with van der Waals surface area (Å²) in [7, 11) is 2.18. The van der Waals surface area contributed by atoms with E-state index in [1.165, 1.54) is 25.9 Å². The molecule has 2 aliphatic rings. The fraction of sp³-hybridized carbons (Fsp3) is 0.800. The monoisotopic (exact) mass is 278 g/mol. The Morgan fingerprint density at radius 1 is 1.25 bits per heavy atom. The van der Waals surface area contributed by atoms with Crippen LogP contribution in [-0.2, 0) is 4.79 Å². The average molecular weight is 278 g/mol. The van der Waals surface area contributed by atoms with Gasteiger partial charge in [-0.25, -0.2) is 0 Å². The van der Waals surface area contributed by atoms with Crippen LogP contribution in [0.25, 0.3) is 0 Å². The van der Waals surface area contributed by atoms with E-state index in [1.807, 2.05) is 4.90 Å². The van der Waals surface area contributed by atoms with Gasteiger partial charge in [0.2, 0.25) is 5.91 Å². The number of carbonyl (C=O) groups excluding carboxylic acids is 1. The normalized spacial score (nSPS) is 24.4. The number of hydrogen-bond acceptors (Lipinski definition) is 4. The zero-order valence-corrected chi connectivity index (χ0v) is 12.4. The molecule has 0 saturated carbocycles. The van der Waals surface area contributed by atoms with Gasteiger partial charge in [0, 0.05) is 38.6 Å². The summed E-state index contributed by atoms with van der Waals surface area (Å²) >= 11 is 0. The van der Waals surface area contributed by atoms with Crippen LogP contribution in [0.15, 0.2) is 0 Å². The third-order valence-corrected chi connectivity index (χ3v) is 4.49. The second-order valence-corrected chi connectivity index (χ2v) is 5.91. The molecule has 1 atom stereocenters. The lowest BCUT2D eigenvalue weighted by atomic mass is 10.0. The maximum absolute atomic E-state index is 12.1. The molecule has 20 heavy (non-hydrogen) atoms. The zero-order chi connectivity index (χ0) is 14.5. The van der Waals surface area contributed by atoms with E-state index < -0.39 is 6.04 Å². The van der Waals surface area contributed by atoms with E-state index in [-0.39, 0.29) is 5.91 Å². The molecule has 0 aliphatic carbocycles. The first-order valence-electron chi connectivity index (χ1n) is 7.52. The Morgan fingerprint density at radius 2 is 1.85 bits per heavy atom. The van der Waals surface area contributed by atoms with Crippen molar-refractivity contribution in [1.82, 2.24) is 14.7 Å². The Balaban J connectivity index is 1.78. The highest BCUT2D eigenvalue weighted by atomic mass is 16.2. The van der Waals surface area contributed by atoms with Gasteiger partial charge < -0.3 is 15.5 Å². The number of amides is 1. The van der Waals surface area contributed by atoms with Crippen molar-refractivity contribution in [2.24, 2.45) is 5.73 Å². The first-order valence-corrected chi connectivity index (χ1v) is 7.52. The molecule has 0 radical (unpaired) electrons. The number of nitrogens with zero attached hydrogens (tertiary/aromatic N) is 3. The van der Waals surface area contributed by atoms with Crippen molar-refractivity contribution < 1.29 is 4.79 Å². The van der Waals surface area contributed by atoms with Gasteiger partial charge in [0.25, 0.3) is 0 Å². The number of piperidine rings is 1. The number of terminal acetylenes is 1. The van der Waals surface area contributed by atoms with Crippen LogP contribution >= 0.6 is 0 Å². The molecular formula is C15H26N4O. The summed E-state index contributed by atoms with van der Waals surface area (Å²) in [4.78, 5) is 18.9. The molecule has 112 valence electrons. The van der Waals surface area contributed by atoms with Crippen LogP contribution in [0.1, 0.15) is 19.3 Å². The third-order valence-electron chi connectivity index (χ3n) is 4.49. The Kier molecular flexibility index (Phi) is 5.41. The van der Waals surface area contributed by atoms with Crippen LogP contribution in [0, 0.1) is 12.3 Å². The standard InChI is InChI=1S/C15H26N4O/c1-3-4-14(16)15(20)19-11-9-18(10-12-19)13-5-7-17(2)8-6-13/h1,13-14H,4-12,16H2,2H3/t14-/m1/s1. The van der Waals surface area contributed by atoms with Gasteiger partial charge in [0.15, 0.2) is 0 Å². The predicted molar refractivity (Wildman–Crippen MR) is 80.1 cm³/mol. The van der Waals surface area contributed by atoms with Gasteiger partial charge in [-0.05, 0) is 33.0 Å². The molecule has 0 spiro atoms. The van der Waals surface area contributed by atoms with Crippen LogP contribution < -0.4 is 5.73 Å². The van der Waals surface area contributed by atoms with Crippen LogP contribution in [0.2, 0.25) is 0 Å². The highest BCUT2D eigenvalue weighted by Crippen LogP contribution is 2.17. The van der Waals surface area contributed by atoms with E-state index in [2.05, 4.69) is 22.8 Å². The number of likely N-dealkylation sites (tertiary alicyclic amines) is 1. The minimum absolute atomic E-state index is 0.00553. The molecule has 0 aromatic carbocycles. The molecule has 0 aromatic heterocycles. The minimum atomic E-state index is -0.533. The molecule has 5 heteroatoms. The smallest absolute Gasteiger partial charge is 0.240 e. The summed E-state index contributed by atoms with van der Waals surface area (Å²) in [5, 5.41) is 0. The molecule has 2 aliphatic heterocycles. The molecule has 0 aromatic rings. The molecule has 2 heterocycles. The maximum Gasteiger partial charge on any atom is 0.240 e. The van der Waals surface area contributed by atoms with Gasteiger partial charge in [0.1, 0.15) is 0 Å². The zero-order valence-electron chi connectivity index (χ0n) is 12.4. The molecular weight excluding hydrogens is 252 g/mol. The van der Waals surface area contributed by atoms with Crippen molar-refractivity contribution in [3.05, 3.63) is 0 Å². The highest BCUT2D eigenvalue weighted by Gasteiger charge is 2.29. The fourth-order valence-corrected chi connectivity index (χ4v) is 3.12. The van der Waals surface area contributed by atoms with Crippen molar-refractivity contribution in [2.45, 2.75) is 31.3 Å². The van der Waals surface area contributed by atoms with E-state index in [0.29, 0.717) is 12.5 Å². The van der Waals surface area contributed by atoms with E-state index in [4.69, 9.17) is 12.2 Å². The quantitative estimate of drug-likeness (QED) is 0.712. The van der Waals surface area contributed by atoms with Crippen molar-refractivity contribution in [3.8, 4) is 12.3 Å². The predicted octanol–water partition coefficient (Wildman–Crippen LogP) is -0.425. The van der Waals surface area contributed by atoms with Crippen molar-refractivity contribution in [2.75, 3.05) is 46.3 Å². The summed E-state index contributed by atoms with van der Waals surface area (Å²) in [5.41, 5.74) is 5.80. The van der Waals surface area contributed by atoms with Crippen LogP contribution in [0.4, 0.5) is 0 Å². The fourth-order valence-electron chi connectivity index (χ4n) is 3.12.